The van der Waals surface area contributed by atoms with Gasteiger partial charge in [-0.3, -0.25) is 9.59 Å². The molecule has 2 fully saturated rings. The Morgan fingerprint density at radius 3 is 3.05 bits per heavy atom. The molecule has 0 spiro atoms. The van der Waals surface area contributed by atoms with Crippen molar-refractivity contribution in [3.05, 3.63) is 34.9 Å². The lowest BCUT2D eigenvalue weighted by Crippen LogP contribution is -2.51. The second-order valence-corrected chi connectivity index (χ2v) is 6.82. The van der Waals surface area contributed by atoms with Gasteiger partial charge in [0, 0.05) is 24.7 Å². The molecule has 2 amide bonds. The number of nitrogens with zero attached hydrogens (tertiary/aromatic N) is 2. The maximum atomic E-state index is 12.6. The normalized spacial score (nSPS) is 22.2. The molecule has 5 nitrogen and oxygen atoms in total. The van der Waals surface area contributed by atoms with E-state index in [9.17, 15) is 9.59 Å². The highest BCUT2D eigenvalue weighted by Crippen LogP contribution is 2.25. The summed E-state index contributed by atoms with van der Waals surface area (Å²) >= 11 is 7.62. The Morgan fingerprint density at radius 2 is 2.32 bits per heavy atom. The van der Waals surface area contributed by atoms with Crippen LogP contribution < -0.4 is 5.32 Å². The van der Waals surface area contributed by atoms with Crippen LogP contribution in [0.5, 0.6) is 0 Å². The molecule has 22 heavy (non-hydrogen) atoms. The number of piperazine rings is 1. The van der Waals surface area contributed by atoms with Crippen molar-refractivity contribution in [2.45, 2.75) is 6.04 Å². The lowest BCUT2D eigenvalue weighted by molar-refractivity contribution is -0.140. The average Bonchev–Trinajstić information content (AvgIpc) is 2.92. The van der Waals surface area contributed by atoms with Crippen molar-refractivity contribution in [1.29, 1.82) is 0 Å². The van der Waals surface area contributed by atoms with Crippen LogP contribution in [-0.4, -0.2) is 59.4 Å². The fourth-order valence-electron chi connectivity index (χ4n) is 2.81. The molecule has 1 N–H and O–H groups in total. The Morgan fingerprint density at radius 1 is 1.45 bits per heavy atom. The molecule has 1 aromatic carbocycles. The largest absolute Gasteiger partial charge is 0.332 e. The molecule has 1 atom stereocenters. The van der Waals surface area contributed by atoms with Gasteiger partial charge >= 0.3 is 0 Å². The van der Waals surface area contributed by atoms with Crippen molar-refractivity contribution in [2.24, 2.45) is 0 Å². The van der Waals surface area contributed by atoms with Crippen LogP contribution in [0.1, 0.15) is 11.6 Å². The summed E-state index contributed by atoms with van der Waals surface area (Å²) in [6.07, 6.45) is 0. The zero-order chi connectivity index (χ0) is 15.5. The first-order valence-corrected chi connectivity index (χ1v) is 8.79. The predicted molar refractivity (Wildman–Crippen MR) is 87.8 cm³/mol. The lowest BCUT2D eigenvalue weighted by Gasteiger charge is -2.37. The molecule has 1 unspecified atom stereocenters. The summed E-state index contributed by atoms with van der Waals surface area (Å²) in [7, 11) is 0. The fourth-order valence-corrected chi connectivity index (χ4v) is 3.91. The van der Waals surface area contributed by atoms with Gasteiger partial charge in [-0.2, -0.15) is 0 Å². The number of hydrogen-bond donors (Lipinski definition) is 1. The first-order valence-electron chi connectivity index (χ1n) is 7.26. The third-order valence-electron chi connectivity index (χ3n) is 3.95. The van der Waals surface area contributed by atoms with Gasteiger partial charge in [0.2, 0.25) is 11.8 Å². The number of halogens is 1. The van der Waals surface area contributed by atoms with E-state index in [1.54, 1.807) is 16.7 Å². The number of rotatable bonds is 3. The second kappa shape index (κ2) is 6.89. The van der Waals surface area contributed by atoms with Crippen LogP contribution in [0.4, 0.5) is 0 Å². The standard InChI is InChI=1S/C15H18ClN3O2S/c16-12-3-1-2-11(6-12)13-7-17-4-5-19(13)14(20)8-18-10-22-9-15(18)21/h1-3,6,13,17H,4-5,7-10H2. The first kappa shape index (κ1) is 15.6. The highest BCUT2D eigenvalue weighted by Gasteiger charge is 2.31. The summed E-state index contributed by atoms with van der Waals surface area (Å²) in [6, 6.07) is 7.57. The zero-order valence-corrected chi connectivity index (χ0v) is 13.7. The van der Waals surface area contributed by atoms with E-state index in [0.717, 1.165) is 12.1 Å². The topological polar surface area (TPSA) is 52.7 Å². The summed E-state index contributed by atoms with van der Waals surface area (Å²) in [6.45, 7) is 2.29. The number of benzene rings is 1. The predicted octanol–water partition coefficient (Wildman–Crippen LogP) is 1.35. The number of thioether (sulfide) groups is 1. The minimum absolute atomic E-state index is 0.00215. The molecular formula is C15H18ClN3O2S. The fraction of sp³-hybridized carbons (Fsp3) is 0.467. The quantitative estimate of drug-likeness (QED) is 0.903. The first-order chi connectivity index (χ1) is 10.6. The van der Waals surface area contributed by atoms with E-state index in [-0.39, 0.29) is 24.4 Å². The van der Waals surface area contributed by atoms with Crippen LogP contribution >= 0.6 is 23.4 Å². The summed E-state index contributed by atoms with van der Waals surface area (Å²) < 4.78 is 0. The van der Waals surface area contributed by atoms with Crippen molar-refractivity contribution in [1.82, 2.24) is 15.1 Å². The Kier molecular flexibility index (Phi) is 4.90. The van der Waals surface area contributed by atoms with E-state index in [4.69, 9.17) is 11.6 Å². The average molecular weight is 340 g/mol. The van der Waals surface area contributed by atoms with Gasteiger partial charge in [0.25, 0.3) is 0 Å². The smallest absolute Gasteiger partial charge is 0.242 e. The van der Waals surface area contributed by atoms with Crippen LogP contribution in [0.25, 0.3) is 0 Å². The Bertz CT molecular complexity index is 584. The number of nitrogens with one attached hydrogen (secondary N) is 1. The minimum Gasteiger partial charge on any atom is -0.332 e. The van der Waals surface area contributed by atoms with Crippen molar-refractivity contribution in [3.8, 4) is 0 Å². The molecule has 0 aliphatic carbocycles. The molecule has 0 bridgehead atoms. The maximum Gasteiger partial charge on any atom is 0.242 e. The molecule has 1 aromatic rings. The summed E-state index contributed by atoms with van der Waals surface area (Å²) in [4.78, 5) is 27.8. The summed E-state index contributed by atoms with van der Waals surface area (Å²) in [5, 5.41) is 3.99. The van der Waals surface area contributed by atoms with Gasteiger partial charge < -0.3 is 15.1 Å². The van der Waals surface area contributed by atoms with E-state index >= 15 is 0 Å². The van der Waals surface area contributed by atoms with Crippen LogP contribution in [0.3, 0.4) is 0 Å². The van der Waals surface area contributed by atoms with Gasteiger partial charge in [0.15, 0.2) is 0 Å². The molecule has 0 radical (unpaired) electrons. The number of carbonyl (C=O) groups is 2. The Labute approximate surface area is 139 Å². The van der Waals surface area contributed by atoms with E-state index in [1.165, 1.54) is 0 Å². The molecule has 2 saturated heterocycles. The number of amides is 2. The highest BCUT2D eigenvalue weighted by atomic mass is 35.5. The van der Waals surface area contributed by atoms with E-state index < -0.39 is 0 Å². The van der Waals surface area contributed by atoms with E-state index in [0.29, 0.717) is 29.7 Å². The Hall–Kier alpha value is -1.24. The molecule has 0 saturated carbocycles. The van der Waals surface area contributed by atoms with Crippen LogP contribution in [0.2, 0.25) is 5.02 Å². The van der Waals surface area contributed by atoms with Gasteiger partial charge in [-0.1, -0.05) is 23.7 Å². The van der Waals surface area contributed by atoms with Gasteiger partial charge in [-0.15, -0.1) is 11.8 Å². The third kappa shape index (κ3) is 3.39. The van der Waals surface area contributed by atoms with Crippen LogP contribution in [0, 0.1) is 0 Å². The zero-order valence-electron chi connectivity index (χ0n) is 12.1. The molecule has 0 aromatic heterocycles. The second-order valence-electron chi connectivity index (χ2n) is 5.43. The van der Waals surface area contributed by atoms with E-state index in [1.807, 2.05) is 29.2 Å². The van der Waals surface area contributed by atoms with Crippen molar-refractivity contribution in [2.75, 3.05) is 37.8 Å². The van der Waals surface area contributed by atoms with Crippen LogP contribution in [0.15, 0.2) is 24.3 Å². The Balaban J connectivity index is 1.74. The summed E-state index contributed by atoms with van der Waals surface area (Å²) in [5.41, 5.74) is 1.02. The molecule has 118 valence electrons. The molecule has 2 aliphatic heterocycles. The molecule has 2 aliphatic rings. The minimum atomic E-state index is -0.0368. The third-order valence-corrected chi connectivity index (χ3v) is 5.13. The summed E-state index contributed by atoms with van der Waals surface area (Å²) in [5.74, 6) is 1.14. The molecule has 7 heteroatoms. The molecule has 3 rings (SSSR count). The van der Waals surface area contributed by atoms with Crippen molar-refractivity contribution < 1.29 is 9.59 Å². The number of carbonyl (C=O) groups excluding carboxylic acids is 2. The SMILES string of the molecule is O=C1CSCN1CC(=O)N1CCNCC1c1cccc(Cl)c1. The molecular weight excluding hydrogens is 322 g/mol. The van der Waals surface area contributed by atoms with Crippen molar-refractivity contribution in [3.63, 3.8) is 0 Å². The van der Waals surface area contributed by atoms with Crippen LogP contribution in [-0.2, 0) is 9.59 Å². The monoisotopic (exact) mass is 339 g/mol. The number of hydrogen-bond acceptors (Lipinski definition) is 4. The van der Waals surface area contributed by atoms with Gasteiger partial charge in [0.05, 0.1) is 17.7 Å². The van der Waals surface area contributed by atoms with Crippen molar-refractivity contribution >= 4 is 35.2 Å². The maximum absolute atomic E-state index is 12.6. The van der Waals surface area contributed by atoms with E-state index in [2.05, 4.69) is 5.32 Å². The lowest BCUT2D eigenvalue weighted by atomic mass is 10.0. The molecule has 2 heterocycles. The van der Waals surface area contributed by atoms with Gasteiger partial charge in [0.1, 0.15) is 6.54 Å². The van der Waals surface area contributed by atoms with Gasteiger partial charge in [-0.25, -0.2) is 0 Å². The van der Waals surface area contributed by atoms with Gasteiger partial charge in [-0.05, 0) is 17.7 Å². The highest BCUT2D eigenvalue weighted by molar-refractivity contribution is 8.00.